The van der Waals surface area contributed by atoms with Crippen LogP contribution >= 0.6 is 0 Å². The molecule has 0 unspecified atom stereocenters. The number of halogens is 1. The van der Waals surface area contributed by atoms with Gasteiger partial charge in [-0.1, -0.05) is 6.07 Å². The number of hydrogen-bond acceptors (Lipinski definition) is 3. The molecule has 98 valence electrons. The van der Waals surface area contributed by atoms with Gasteiger partial charge in [0.1, 0.15) is 6.17 Å². The summed E-state index contributed by atoms with van der Waals surface area (Å²) < 4.78 is 18.9. The van der Waals surface area contributed by atoms with E-state index in [1.54, 1.807) is 6.20 Å². The first-order chi connectivity index (χ1) is 8.76. The van der Waals surface area contributed by atoms with Gasteiger partial charge in [-0.2, -0.15) is 0 Å². The number of rotatable bonds is 5. The molecule has 2 heterocycles. The van der Waals surface area contributed by atoms with Gasteiger partial charge in [-0.3, -0.25) is 4.90 Å². The van der Waals surface area contributed by atoms with E-state index in [0.717, 1.165) is 13.1 Å². The molecule has 3 rings (SSSR count). The number of ether oxygens (including phenoxy) is 1. The minimum atomic E-state index is -0.627. The zero-order valence-corrected chi connectivity index (χ0v) is 10.5. The fraction of sp³-hybridized carbons (Fsp3) is 0.643. The van der Waals surface area contributed by atoms with Crippen LogP contribution in [-0.2, 0) is 0 Å². The maximum Gasteiger partial charge on any atom is 0.213 e. The van der Waals surface area contributed by atoms with E-state index >= 15 is 0 Å². The van der Waals surface area contributed by atoms with E-state index < -0.39 is 6.17 Å². The molecule has 2 aliphatic rings. The number of aromatic nitrogens is 1. The fourth-order valence-corrected chi connectivity index (χ4v) is 2.59. The standard InChI is InChI=1S/C14H19FN2O/c15-12-4-8-17(9-12)10-14(5-6-14)11-18-13-3-1-2-7-16-13/h1-3,7,12H,4-6,8-11H2/t12-/m1/s1. The summed E-state index contributed by atoms with van der Waals surface area (Å²) in [5, 5.41) is 0. The molecular formula is C14H19FN2O. The van der Waals surface area contributed by atoms with Crippen LogP contribution in [0.25, 0.3) is 0 Å². The number of likely N-dealkylation sites (tertiary alicyclic amines) is 1. The lowest BCUT2D eigenvalue weighted by Gasteiger charge is -2.22. The summed E-state index contributed by atoms with van der Waals surface area (Å²) in [7, 11) is 0. The van der Waals surface area contributed by atoms with E-state index in [9.17, 15) is 4.39 Å². The van der Waals surface area contributed by atoms with Crippen LogP contribution in [0.2, 0.25) is 0 Å². The van der Waals surface area contributed by atoms with Gasteiger partial charge < -0.3 is 4.74 Å². The number of pyridine rings is 1. The highest BCUT2D eigenvalue weighted by atomic mass is 19.1. The summed E-state index contributed by atoms with van der Waals surface area (Å²) in [6.45, 7) is 3.18. The van der Waals surface area contributed by atoms with Crippen molar-refractivity contribution in [3.8, 4) is 5.88 Å². The Balaban J connectivity index is 1.50. The summed E-state index contributed by atoms with van der Waals surface area (Å²) in [5.74, 6) is 0.688. The minimum Gasteiger partial charge on any atom is -0.477 e. The number of nitrogens with zero attached hydrogens (tertiary/aromatic N) is 2. The van der Waals surface area contributed by atoms with E-state index in [-0.39, 0.29) is 5.41 Å². The molecule has 1 atom stereocenters. The van der Waals surface area contributed by atoms with Crippen LogP contribution in [0.1, 0.15) is 19.3 Å². The fourth-order valence-electron chi connectivity index (χ4n) is 2.59. The van der Waals surface area contributed by atoms with Crippen molar-refractivity contribution in [3.63, 3.8) is 0 Å². The predicted octanol–water partition coefficient (Wildman–Crippen LogP) is 2.28. The summed E-state index contributed by atoms with van der Waals surface area (Å²) in [4.78, 5) is 6.39. The summed E-state index contributed by atoms with van der Waals surface area (Å²) in [6, 6.07) is 5.69. The molecule has 1 aromatic heterocycles. The lowest BCUT2D eigenvalue weighted by molar-refractivity contribution is 0.169. The quantitative estimate of drug-likeness (QED) is 0.801. The van der Waals surface area contributed by atoms with Crippen LogP contribution in [0.3, 0.4) is 0 Å². The molecule has 2 fully saturated rings. The second kappa shape index (κ2) is 4.84. The van der Waals surface area contributed by atoms with Gasteiger partial charge in [-0.25, -0.2) is 9.37 Å². The second-order valence-corrected chi connectivity index (χ2v) is 5.58. The zero-order valence-electron chi connectivity index (χ0n) is 10.5. The molecule has 1 aliphatic heterocycles. The monoisotopic (exact) mass is 250 g/mol. The average molecular weight is 250 g/mol. The Bertz CT molecular complexity index is 394. The molecule has 0 spiro atoms. The van der Waals surface area contributed by atoms with Crippen LogP contribution < -0.4 is 4.74 Å². The van der Waals surface area contributed by atoms with Gasteiger partial charge >= 0.3 is 0 Å². The van der Waals surface area contributed by atoms with E-state index in [1.165, 1.54) is 12.8 Å². The van der Waals surface area contributed by atoms with Crippen molar-refractivity contribution in [1.82, 2.24) is 9.88 Å². The number of hydrogen-bond donors (Lipinski definition) is 0. The molecule has 3 nitrogen and oxygen atoms in total. The van der Waals surface area contributed by atoms with Gasteiger partial charge in [0.05, 0.1) is 6.61 Å². The summed E-state index contributed by atoms with van der Waals surface area (Å²) in [5.41, 5.74) is 0.252. The maximum atomic E-state index is 13.1. The third-order valence-corrected chi connectivity index (χ3v) is 3.89. The molecule has 0 bridgehead atoms. The van der Waals surface area contributed by atoms with Gasteiger partial charge in [0.15, 0.2) is 0 Å². The number of alkyl halides is 1. The van der Waals surface area contributed by atoms with Crippen molar-refractivity contribution in [2.45, 2.75) is 25.4 Å². The second-order valence-electron chi connectivity index (χ2n) is 5.58. The molecule has 1 saturated carbocycles. The van der Waals surface area contributed by atoms with E-state index in [0.29, 0.717) is 25.5 Å². The molecule has 0 amide bonds. The Morgan fingerprint density at radius 1 is 1.44 bits per heavy atom. The third-order valence-electron chi connectivity index (χ3n) is 3.89. The van der Waals surface area contributed by atoms with Gasteiger partial charge in [-0.05, 0) is 25.3 Å². The SMILES string of the molecule is F[C@@H]1CCN(CC2(COc3ccccn3)CC2)C1. The Morgan fingerprint density at radius 3 is 2.94 bits per heavy atom. The van der Waals surface area contributed by atoms with Crippen LogP contribution in [0, 0.1) is 5.41 Å². The van der Waals surface area contributed by atoms with Gasteiger partial charge in [0.25, 0.3) is 0 Å². The van der Waals surface area contributed by atoms with Crippen molar-refractivity contribution in [2.24, 2.45) is 5.41 Å². The van der Waals surface area contributed by atoms with Crippen LogP contribution in [0.15, 0.2) is 24.4 Å². The first-order valence-electron chi connectivity index (χ1n) is 6.66. The first-order valence-corrected chi connectivity index (χ1v) is 6.66. The highest BCUT2D eigenvalue weighted by molar-refractivity contribution is 5.10. The smallest absolute Gasteiger partial charge is 0.213 e. The third kappa shape index (κ3) is 2.80. The molecule has 4 heteroatoms. The lowest BCUT2D eigenvalue weighted by atomic mass is 10.1. The van der Waals surface area contributed by atoms with Gasteiger partial charge in [0, 0.05) is 37.3 Å². The van der Waals surface area contributed by atoms with E-state index in [4.69, 9.17) is 4.74 Å². The maximum absolute atomic E-state index is 13.1. The molecule has 1 saturated heterocycles. The van der Waals surface area contributed by atoms with Crippen molar-refractivity contribution in [2.75, 3.05) is 26.2 Å². The largest absolute Gasteiger partial charge is 0.477 e. The van der Waals surface area contributed by atoms with Crippen LogP contribution in [-0.4, -0.2) is 42.3 Å². The Morgan fingerprint density at radius 2 is 2.33 bits per heavy atom. The molecule has 1 aromatic rings. The summed E-state index contributed by atoms with van der Waals surface area (Å²) in [6.07, 6.45) is 4.18. The molecule has 0 radical (unpaired) electrons. The van der Waals surface area contributed by atoms with Crippen molar-refractivity contribution < 1.29 is 9.13 Å². The molecular weight excluding hydrogens is 231 g/mol. The van der Waals surface area contributed by atoms with Crippen molar-refractivity contribution >= 4 is 0 Å². The Kier molecular flexibility index (Phi) is 3.20. The first kappa shape index (κ1) is 11.9. The van der Waals surface area contributed by atoms with Crippen LogP contribution in [0.4, 0.5) is 4.39 Å². The molecule has 0 aromatic carbocycles. The molecule has 18 heavy (non-hydrogen) atoms. The van der Waals surface area contributed by atoms with Crippen LogP contribution in [0.5, 0.6) is 5.88 Å². The van der Waals surface area contributed by atoms with E-state index in [2.05, 4.69) is 9.88 Å². The summed E-state index contributed by atoms with van der Waals surface area (Å²) >= 11 is 0. The topological polar surface area (TPSA) is 25.4 Å². The Labute approximate surface area is 107 Å². The zero-order chi connectivity index (χ0) is 12.4. The Hall–Kier alpha value is -1.16. The van der Waals surface area contributed by atoms with Crippen molar-refractivity contribution in [1.29, 1.82) is 0 Å². The highest BCUT2D eigenvalue weighted by Crippen LogP contribution is 2.46. The normalized spacial score (nSPS) is 26.2. The molecule has 1 aliphatic carbocycles. The highest BCUT2D eigenvalue weighted by Gasteiger charge is 2.45. The van der Waals surface area contributed by atoms with Gasteiger partial charge in [-0.15, -0.1) is 0 Å². The van der Waals surface area contributed by atoms with Gasteiger partial charge in [0.2, 0.25) is 5.88 Å². The molecule has 0 N–H and O–H groups in total. The predicted molar refractivity (Wildman–Crippen MR) is 67.4 cm³/mol. The lowest BCUT2D eigenvalue weighted by Crippen LogP contribution is -2.32. The minimum absolute atomic E-state index is 0.252. The van der Waals surface area contributed by atoms with Crippen molar-refractivity contribution in [3.05, 3.63) is 24.4 Å². The van der Waals surface area contributed by atoms with E-state index in [1.807, 2.05) is 18.2 Å². The average Bonchev–Trinajstić information content (AvgIpc) is 3.04.